The molecule has 1 aromatic carbocycles. The van der Waals surface area contributed by atoms with Gasteiger partial charge in [-0.3, -0.25) is 0 Å². The van der Waals surface area contributed by atoms with Gasteiger partial charge in [0.25, 0.3) is 0 Å². The number of aromatic nitrogens is 6. The van der Waals surface area contributed by atoms with Crippen LogP contribution in [0.1, 0.15) is 39.4 Å². The number of imidazole rings is 1. The van der Waals surface area contributed by atoms with Crippen molar-refractivity contribution in [1.82, 2.24) is 29.3 Å². The average Bonchev–Trinajstić information content (AvgIpc) is 3.43. The Hall–Kier alpha value is -3.68. The third kappa shape index (κ3) is 4.46. The van der Waals surface area contributed by atoms with E-state index in [2.05, 4.69) is 36.9 Å². The highest BCUT2D eigenvalue weighted by Gasteiger charge is 2.21. The number of hydrogen-bond donors (Lipinski definition) is 1. The maximum Gasteiger partial charge on any atom is 0.200 e. The molecular formula is C25H29N7O. The molecule has 33 heavy (non-hydrogen) atoms. The van der Waals surface area contributed by atoms with Crippen LogP contribution in [0.15, 0.2) is 48.7 Å². The summed E-state index contributed by atoms with van der Waals surface area (Å²) in [6.07, 6.45) is 5.42. The van der Waals surface area contributed by atoms with Crippen molar-refractivity contribution >= 4 is 5.82 Å². The number of benzene rings is 1. The topological polar surface area (TPSA) is 82.7 Å². The first-order valence-corrected chi connectivity index (χ1v) is 11.3. The average molecular weight is 444 g/mol. The molecule has 3 aromatic heterocycles. The second kappa shape index (κ2) is 8.35. The first kappa shape index (κ1) is 21.2. The maximum absolute atomic E-state index is 5.44. The molecule has 0 fully saturated rings. The Kier molecular flexibility index (Phi) is 5.36. The van der Waals surface area contributed by atoms with Gasteiger partial charge in [0.15, 0.2) is 5.82 Å². The lowest BCUT2D eigenvalue weighted by Crippen LogP contribution is -2.26. The van der Waals surface area contributed by atoms with E-state index < -0.39 is 0 Å². The molecule has 1 aliphatic heterocycles. The molecule has 0 unspecified atom stereocenters. The smallest absolute Gasteiger partial charge is 0.200 e. The number of aryl methyl sites for hydroxylation is 2. The molecular weight excluding hydrogens is 414 g/mol. The van der Waals surface area contributed by atoms with Gasteiger partial charge >= 0.3 is 0 Å². The number of anilines is 1. The van der Waals surface area contributed by atoms with Crippen LogP contribution in [0.2, 0.25) is 0 Å². The van der Waals surface area contributed by atoms with E-state index in [4.69, 9.17) is 24.8 Å². The molecule has 4 heterocycles. The lowest BCUT2D eigenvalue weighted by molar-refractivity contribution is 0.414. The van der Waals surface area contributed by atoms with Crippen LogP contribution in [0.5, 0.6) is 5.75 Å². The van der Waals surface area contributed by atoms with E-state index in [9.17, 15) is 0 Å². The standard InChI is InChI=1S/C25H29N7O/c1-25(2,3)29-21-12-8-11-19(26-21)23-28-24(20-16-31-14-6-5-13-22(31)27-20)32(30-23)17-9-7-10-18(15-17)33-4/h7-12,15-16H,5-6,13-14H2,1-4H3,(H,26,29). The quantitative estimate of drug-likeness (QED) is 0.479. The van der Waals surface area contributed by atoms with Crippen LogP contribution in [0.3, 0.4) is 0 Å². The SMILES string of the molecule is COc1cccc(-n2nc(-c3cccc(NC(C)(C)C)n3)nc2-c2cn3c(n2)CCCC3)c1. The summed E-state index contributed by atoms with van der Waals surface area (Å²) in [5.41, 5.74) is 2.28. The van der Waals surface area contributed by atoms with Gasteiger partial charge in [0.05, 0.1) is 12.8 Å². The highest BCUT2D eigenvalue weighted by Crippen LogP contribution is 2.28. The fourth-order valence-corrected chi connectivity index (χ4v) is 4.04. The van der Waals surface area contributed by atoms with Crippen molar-refractivity contribution in [3.05, 3.63) is 54.5 Å². The molecule has 0 radical (unpaired) electrons. The number of nitrogens with zero attached hydrogens (tertiary/aromatic N) is 6. The molecule has 170 valence electrons. The van der Waals surface area contributed by atoms with Gasteiger partial charge in [-0.25, -0.2) is 19.6 Å². The lowest BCUT2D eigenvalue weighted by Gasteiger charge is -2.21. The van der Waals surface area contributed by atoms with E-state index >= 15 is 0 Å². The van der Waals surface area contributed by atoms with Gasteiger partial charge in [-0.05, 0) is 57.9 Å². The second-order valence-corrected chi connectivity index (χ2v) is 9.35. The predicted octanol–water partition coefficient (Wildman–Crippen LogP) is 4.75. The summed E-state index contributed by atoms with van der Waals surface area (Å²) in [5, 5.41) is 8.28. The Morgan fingerprint density at radius 2 is 1.82 bits per heavy atom. The van der Waals surface area contributed by atoms with Crippen molar-refractivity contribution in [1.29, 1.82) is 0 Å². The minimum atomic E-state index is -0.0976. The number of hydrogen-bond acceptors (Lipinski definition) is 6. The molecule has 0 atom stereocenters. The van der Waals surface area contributed by atoms with Crippen molar-refractivity contribution in [3.8, 4) is 34.5 Å². The summed E-state index contributed by atoms with van der Waals surface area (Å²) in [6.45, 7) is 7.31. The third-order valence-electron chi connectivity index (χ3n) is 5.52. The Morgan fingerprint density at radius 1 is 0.970 bits per heavy atom. The summed E-state index contributed by atoms with van der Waals surface area (Å²) in [6, 6.07) is 13.7. The van der Waals surface area contributed by atoms with Crippen molar-refractivity contribution in [3.63, 3.8) is 0 Å². The van der Waals surface area contributed by atoms with Gasteiger partial charge in [-0.2, -0.15) is 0 Å². The fourth-order valence-electron chi connectivity index (χ4n) is 4.04. The molecule has 8 heteroatoms. The molecule has 0 spiro atoms. The molecule has 0 saturated heterocycles. The maximum atomic E-state index is 5.44. The molecule has 1 aliphatic rings. The number of nitrogens with one attached hydrogen (secondary N) is 1. The number of pyridine rings is 1. The highest BCUT2D eigenvalue weighted by molar-refractivity contribution is 5.61. The Labute approximate surface area is 193 Å². The van der Waals surface area contributed by atoms with E-state index in [0.29, 0.717) is 17.3 Å². The highest BCUT2D eigenvalue weighted by atomic mass is 16.5. The van der Waals surface area contributed by atoms with Crippen molar-refractivity contribution < 1.29 is 4.74 Å². The minimum absolute atomic E-state index is 0.0976. The van der Waals surface area contributed by atoms with Crippen molar-refractivity contribution in [2.45, 2.75) is 52.1 Å². The van der Waals surface area contributed by atoms with Crippen LogP contribution < -0.4 is 10.1 Å². The van der Waals surface area contributed by atoms with Gasteiger partial charge < -0.3 is 14.6 Å². The number of fused-ring (bicyclic) bond motifs is 1. The predicted molar refractivity (Wildman–Crippen MR) is 129 cm³/mol. The summed E-state index contributed by atoms with van der Waals surface area (Å²) >= 11 is 0. The number of rotatable bonds is 5. The van der Waals surface area contributed by atoms with Crippen LogP contribution >= 0.6 is 0 Å². The summed E-state index contributed by atoms with van der Waals surface area (Å²) in [4.78, 5) is 14.6. The largest absolute Gasteiger partial charge is 0.497 e. The number of methoxy groups -OCH3 is 1. The van der Waals surface area contributed by atoms with E-state index in [1.54, 1.807) is 7.11 Å². The molecule has 1 N–H and O–H groups in total. The zero-order valence-corrected chi connectivity index (χ0v) is 19.5. The van der Waals surface area contributed by atoms with Crippen LogP contribution in [-0.2, 0) is 13.0 Å². The van der Waals surface area contributed by atoms with E-state index in [1.807, 2.05) is 47.1 Å². The molecule has 4 aromatic rings. The van der Waals surface area contributed by atoms with E-state index in [1.165, 1.54) is 12.8 Å². The minimum Gasteiger partial charge on any atom is -0.497 e. The molecule has 8 nitrogen and oxygen atoms in total. The van der Waals surface area contributed by atoms with Crippen LogP contribution in [0, 0.1) is 0 Å². The van der Waals surface area contributed by atoms with Crippen LogP contribution in [0.25, 0.3) is 28.7 Å². The summed E-state index contributed by atoms with van der Waals surface area (Å²) in [7, 11) is 1.66. The molecule has 0 aliphatic carbocycles. The summed E-state index contributed by atoms with van der Waals surface area (Å²) in [5.74, 6) is 3.89. The van der Waals surface area contributed by atoms with Gasteiger partial charge in [0.1, 0.15) is 28.8 Å². The monoisotopic (exact) mass is 443 g/mol. The second-order valence-electron chi connectivity index (χ2n) is 9.35. The Balaban J connectivity index is 1.62. The normalized spacial score (nSPS) is 13.6. The first-order chi connectivity index (χ1) is 15.9. The fraction of sp³-hybridized carbons (Fsp3) is 0.360. The first-order valence-electron chi connectivity index (χ1n) is 11.3. The van der Waals surface area contributed by atoms with Crippen molar-refractivity contribution in [2.24, 2.45) is 0 Å². The Morgan fingerprint density at radius 3 is 2.61 bits per heavy atom. The van der Waals surface area contributed by atoms with E-state index in [0.717, 1.165) is 41.7 Å². The van der Waals surface area contributed by atoms with Crippen LogP contribution in [-0.4, -0.2) is 41.9 Å². The van der Waals surface area contributed by atoms with Gasteiger partial charge in [0.2, 0.25) is 5.82 Å². The van der Waals surface area contributed by atoms with Crippen LogP contribution in [0.4, 0.5) is 5.82 Å². The zero-order valence-electron chi connectivity index (χ0n) is 19.5. The molecule has 0 amide bonds. The van der Waals surface area contributed by atoms with Gasteiger partial charge in [-0.1, -0.05) is 12.1 Å². The lowest BCUT2D eigenvalue weighted by atomic mass is 10.1. The van der Waals surface area contributed by atoms with Gasteiger partial charge in [-0.15, -0.1) is 5.10 Å². The third-order valence-corrected chi connectivity index (χ3v) is 5.52. The van der Waals surface area contributed by atoms with Crippen molar-refractivity contribution in [2.75, 3.05) is 12.4 Å². The van der Waals surface area contributed by atoms with Gasteiger partial charge in [0, 0.05) is 30.8 Å². The zero-order chi connectivity index (χ0) is 23.0. The molecule has 0 saturated carbocycles. The number of ether oxygens (including phenoxy) is 1. The Bertz CT molecular complexity index is 1260. The molecule has 5 rings (SSSR count). The summed E-state index contributed by atoms with van der Waals surface area (Å²) < 4.78 is 9.50. The molecule has 0 bridgehead atoms. The van der Waals surface area contributed by atoms with E-state index in [-0.39, 0.29) is 5.54 Å².